The summed E-state index contributed by atoms with van der Waals surface area (Å²) in [6.45, 7) is 0.398. The van der Waals surface area contributed by atoms with E-state index in [1.54, 1.807) is 16.2 Å². The van der Waals surface area contributed by atoms with Crippen LogP contribution in [-0.2, 0) is 6.54 Å². The molecule has 0 saturated heterocycles. The predicted octanol–water partition coefficient (Wildman–Crippen LogP) is 3.52. The van der Waals surface area contributed by atoms with E-state index in [-0.39, 0.29) is 11.1 Å². The first kappa shape index (κ1) is 16.1. The Morgan fingerprint density at radius 1 is 1.43 bits per heavy atom. The Morgan fingerprint density at radius 3 is 3.00 bits per heavy atom. The summed E-state index contributed by atoms with van der Waals surface area (Å²) in [5, 5.41) is 8.79. The third-order valence-electron chi connectivity index (χ3n) is 2.72. The van der Waals surface area contributed by atoms with Crippen molar-refractivity contribution in [3.8, 4) is 0 Å². The molecule has 0 saturated carbocycles. The molecule has 23 heavy (non-hydrogen) atoms. The zero-order valence-electron chi connectivity index (χ0n) is 11.4. The Labute approximate surface area is 149 Å². The van der Waals surface area contributed by atoms with E-state index >= 15 is 0 Å². The molecule has 0 aliphatic rings. The predicted molar refractivity (Wildman–Crippen MR) is 92.8 cm³/mol. The maximum atomic E-state index is 12.0. The van der Waals surface area contributed by atoms with E-state index in [2.05, 4.69) is 20.5 Å². The van der Waals surface area contributed by atoms with Gasteiger partial charge in [-0.1, -0.05) is 29.3 Å². The second-order valence-corrected chi connectivity index (χ2v) is 6.93. The summed E-state index contributed by atoms with van der Waals surface area (Å²) in [6, 6.07) is 3.81. The molecule has 3 aromatic heterocycles. The van der Waals surface area contributed by atoms with Gasteiger partial charge in [-0.15, -0.1) is 22.7 Å². The van der Waals surface area contributed by atoms with Gasteiger partial charge in [-0.25, -0.2) is 15.4 Å². The number of rotatable bonds is 5. The lowest BCUT2D eigenvalue weighted by molar-refractivity contribution is 0.0950. The Balaban J connectivity index is 1.62. The van der Waals surface area contributed by atoms with E-state index in [9.17, 15) is 4.79 Å². The molecule has 10 heteroatoms. The molecular weight excluding hydrogens is 377 g/mol. The van der Waals surface area contributed by atoms with Crippen molar-refractivity contribution in [3.05, 3.63) is 55.1 Å². The quantitative estimate of drug-likeness (QED) is 0.539. The lowest BCUT2D eigenvalue weighted by Gasteiger charge is -1.99. The van der Waals surface area contributed by atoms with Crippen LogP contribution in [0.2, 0.25) is 10.3 Å². The van der Waals surface area contributed by atoms with Crippen LogP contribution in [0.5, 0.6) is 0 Å². The molecule has 1 N–H and O–H groups in total. The van der Waals surface area contributed by atoms with Crippen molar-refractivity contribution in [1.29, 1.82) is 0 Å². The Kier molecular flexibility index (Phi) is 5.06. The maximum Gasteiger partial charge on any atom is 0.290 e. The molecule has 0 spiro atoms. The molecule has 6 nitrogen and oxygen atoms in total. The summed E-state index contributed by atoms with van der Waals surface area (Å²) in [6.07, 6.45) is 3.11. The molecular formula is C13H9Cl2N5OS2. The first-order valence-electron chi connectivity index (χ1n) is 6.31. The summed E-state index contributed by atoms with van der Waals surface area (Å²) >= 11 is 14.7. The van der Waals surface area contributed by atoms with Crippen LogP contribution in [-0.4, -0.2) is 26.7 Å². The summed E-state index contributed by atoms with van der Waals surface area (Å²) < 4.78 is 1.65. The van der Waals surface area contributed by atoms with E-state index in [0.717, 1.165) is 4.88 Å². The Hall–Kier alpha value is -1.74. The van der Waals surface area contributed by atoms with Crippen LogP contribution >= 0.6 is 45.9 Å². The zero-order chi connectivity index (χ0) is 16.2. The molecule has 3 heterocycles. The highest BCUT2D eigenvalue weighted by Gasteiger charge is 2.12. The van der Waals surface area contributed by atoms with E-state index in [1.807, 2.05) is 17.5 Å². The third kappa shape index (κ3) is 3.97. The average molecular weight is 386 g/mol. The van der Waals surface area contributed by atoms with Crippen LogP contribution in [0.1, 0.15) is 20.4 Å². The number of nitrogens with zero attached hydrogens (tertiary/aromatic N) is 4. The number of amides is 1. The van der Waals surface area contributed by atoms with Crippen molar-refractivity contribution in [2.24, 2.45) is 5.10 Å². The topological polar surface area (TPSA) is 72.2 Å². The number of aromatic nitrogens is 3. The second kappa shape index (κ2) is 7.22. The van der Waals surface area contributed by atoms with Crippen LogP contribution in [0.3, 0.4) is 0 Å². The smallest absolute Gasteiger partial charge is 0.290 e. The number of nitrogens with one attached hydrogen (secondary N) is 1. The molecule has 118 valence electrons. The highest BCUT2D eigenvalue weighted by atomic mass is 35.5. The average Bonchev–Trinajstić information content (AvgIpc) is 3.26. The highest BCUT2D eigenvalue weighted by Crippen LogP contribution is 2.21. The molecule has 0 aliphatic carbocycles. The Morgan fingerprint density at radius 2 is 2.30 bits per heavy atom. The zero-order valence-corrected chi connectivity index (χ0v) is 14.6. The minimum absolute atomic E-state index is 0.240. The molecule has 1 amide bonds. The summed E-state index contributed by atoms with van der Waals surface area (Å²) in [5.41, 5.74) is 2.75. The van der Waals surface area contributed by atoms with Gasteiger partial charge in [0.2, 0.25) is 0 Å². The van der Waals surface area contributed by atoms with Gasteiger partial charge in [-0.3, -0.25) is 4.79 Å². The lowest BCUT2D eigenvalue weighted by Crippen LogP contribution is -2.18. The molecule has 0 fully saturated rings. The molecule has 3 rings (SSSR count). The molecule has 0 unspecified atom stereocenters. The fourth-order valence-corrected chi connectivity index (χ4v) is 3.32. The lowest BCUT2D eigenvalue weighted by atomic mass is 10.5. The van der Waals surface area contributed by atoms with Gasteiger partial charge in [-0.05, 0) is 11.4 Å². The van der Waals surface area contributed by atoms with Crippen LogP contribution in [0, 0.1) is 0 Å². The fourth-order valence-electron chi connectivity index (χ4n) is 1.66. The van der Waals surface area contributed by atoms with Gasteiger partial charge in [0.1, 0.15) is 15.9 Å². The minimum atomic E-state index is -0.366. The maximum absolute atomic E-state index is 12.0. The standard InChI is InChI=1S/C13H9Cl2N5OS2/c14-11-12(15)20(7-16-11)5-10-18-9(6-23-10)13(21)19-17-4-8-2-1-3-22-8/h1-4,6-7H,5H2,(H,19,21)/b17-4-. The van der Waals surface area contributed by atoms with Gasteiger partial charge in [0.25, 0.3) is 5.91 Å². The monoisotopic (exact) mass is 385 g/mol. The molecule has 0 aliphatic heterocycles. The van der Waals surface area contributed by atoms with Gasteiger partial charge in [0, 0.05) is 10.3 Å². The fraction of sp³-hybridized carbons (Fsp3) is 0.0769. The minimum Gasteiger partial charge on any atom is -0.313 e. The van der Waals surface area contributed by atoms with Gasteiger partial charge < -0.3 is 4.57 Å². The Bertz CT molecular complexity index is 841. The van der Waals surface area contributed by atoms with E-state index < -0.39 is 0 Å². The van der Waals surface area contributed by atoms with Crippen molar-refractivity contribution < 1.29 is 4.79 Å². The van der Waals surface area contributed by atoms with Crippen LogP contribution in [0.4, 0.5) is 0 Å². The number of halogens is 2. The van der Waals surface area contributed by atoms with E-state index in [0.29, 0.717) is 22.4 Å². The first-order valence-corrected chi connectivity index (χ1v) is 8.82. The van der Waals surface area contributed by atoms with Crippen LogP contribution < -0.4 is 5.43 Å². The number of hydrogen-bond donors (Lipinski definition) is 1. The van der Waals surface area contributed by atoms with Crippen molar-refractivity contribution in [2.45, 2.75) is 6.54 Å². The SMILES string of the molecule is O=C(N/N=C\c1cccs1)c1csc(Cn2cnc(Cl)c2Cl)n1. The number of hydrogen-bond acceptors (Lipinski definition) is 6. The number of imidazole rings is 1. The second-order valence-electron chi connectivity index (χ2n) is 4.30. The van der Waals surface area contributed by atoms with Gasteiger partial charge in [0.15, 0.2) is 5.15 Å². The number of thiophene rings is 1. The largest absolute Gasteiger partial charge is 0.313 e. The molecule has 3 aromatic rings. The molecule has 0 atom stereocenters. The highest BCUT2D eigenvalue weighted by molar-refractivity contribution is 7.11. The van der Waals surface area contributed by atoms with Crippen LogP contribution in [0.15, 0.2) is 34.3 Å². The number of carbonyl (C=O) groups is 1. The van der Waals surface area contributed by atoms with Crippen molar-refractivity contribution in [2.75, 3.05) is 0 Å². The van der Waals surface area contributed by atoms with E-state index in [4.69, 9.17) is 23.2 Å². The van der Waals surface area contributed by atoms with Gasteiger partial charge in [-0.2, -0.15) is 5.10 Å². The normalized spacial score (nSPS) is 11.2. The van der Waals surface area contributed by atoms with Crippen LogP contribution in [0.25, 0.3) is 0 Å². The molecule has 0 bridgehead atoms. The van der Waals surface area contributed by atoms with E-state index in [1.165, 1.54) is 29.0 Å². The molecule has 0 radical (unpaired) electrons. The number of hydrazone groups is 1. The first-order chi connectivity index (χ1) is 11.1. The van der Waals surface area contributed by atoms with Crippen molar-refractivity contribution in [1.82, 2.24) is 20.0 Å². The van der Waals surface area contributed by atoms with Gasteiger partial charge >= 0.3 is 0 Å². The van der Waals surface area contributed by atoms with Crippen molar-refractivity contribution >= 4 is 58.0 Å². The number of thiazole rings is 1. The summed E-state index contributed by atoms with van der Waals surface area (Å²) in [7, 11) is 0. The summed E-state index contributed by atoms with van der Waals surface area (Å²) in [4.78, 5) is 21.1. The number of carbonyl (C=O) groups excluding carboxylic acids is 1. The van der Waals surface area contributed by atoms with Crippen molar-refractivity contribution in [3.63, 3.8) is 0 Å². The van der Waals surface area contributed by atoms with Gasteiger partial charge in [0.05, 0.1) is 19.1 Å². The third-order valence-corrected chi connectivity index (χ3v) is 5.13. The summed E-state index contributed by atoms with van der Waals surface area (Å²) in [5.74, 6) is -0.366. The molecule has 0 aromatic carbocycles.